The lowest BCUT2D eigenvalue weighted by Gasteiger charge is -2.40. The molecule has 0 bridgehead atoms. The van der Waals surface area contributed by atoms with Crippen LogP contribution in [0.2, 0.25) is 0 Å². The summed E-state index contributed by atoms with van der Waals surface area (Å²) in [7, 11) is 1.63. The Labute approximate surface area is 124 Å². The van der Waals surface area contributed by atoms with Crippen molar-refractivity contribution < 1.29 is 14.6 Å². The number of nitrogens with zero attached hydrogens (tertiary/aromatic N) is 3. The van der Waals surface area contributed by atoms with Crippen molar-refractivity contribution in [2.24, 2.45) is 5.41 Å². The maximum atomic E-state index is 11.8. The van der Waals surface area contributed by atoms with Crippen LogP contribution in [0.4, 0.5) is 11.8 Å². The fourth-order valence-electron chi connectivity index (χ4n) is 2.86. The molecule has 7 nitrogen and oxygen atoms in total. The number of nitrogens with two attached hydrogens (primary N) is 1. The van der Waals surface area contributed by atoms with Crippen LogP contribution in [0.3, 0.4) is 0 Å². The van der Waals surface area contributed by atoms with Gasteiger partial charge in [0.1, 0.15) is 5.82 Å². The largest absolute Gasteiger partial charge is 0.481 e. The number of aliphatic carboxylic acids is 1. The van der Waals surface area contributed by atoms with Crippen molar-refractivity contribution in [1.29, 1.82) is 0 Å². The van der Waals surface area contributed by atoms with E-state index in [1.165, 1.54) is 0 Å². The lowest BCUT2D eigenvalue weighted by atomic mass is 9.76. The van der Waals surface area contributed by atoms with E-state index < -0.39 is 11.4 Å². The lowest BCUT2D eigenvalue weighted by Crippen LogP contribution is -2.48. The van der Waals surface area contributed by atoms with Crippen LogP contribution in [0.15, 0.2) is 12.3 Å². The van der Waals surface area contributed by atoms with Crippen LogP contribution < -0.4 is 10.6 Å². The van der Waals surface area contributed by atoms with Crippen LogP contribution in [0.5, 0.6) is 0 Å². The molecule has 21 heavy (non-hydrogen) atoms. The van der Waals surface area contributed by atoms with Gasteiger partial charge in [-0.1, -0.05) is 0 Å². The molecule has 0 aromatic carbocycles. The van der Waals surface area contributed by atoms with E-state index in [0.717, 1.165) is 19.4 Å². The number of anilines is 2. The normalized spacial score (nSPS) is 22.2. The van der Waals surface area contributed by atoms with Gasteiger partial charge in [-0.15, -0.1) is 0 Å². The van der Waals surface area contributed by atoms with Gasteiger partial charge in [0, 0.05) is 33.0 Å². The van der Waals surface area contributed by atoms with Crippen LogP contribution >= 0.6 is 0 Å². The van der Waals surface area contributed by atoms with Crippen LogP contribution in [0.1, 0.15) is 25.7 Å². The zero-order chi connectivity index (χ0) is 15.3. The molecule has 1 fully saturated rings. The first-order chi connectivity index (χ1) is 10.1. The summed E-state index contributed by atoms with van der Waals surface area (Å²) in [5.41, 5.74) is 4.92. The van der Waals surface area contributed by atoms with Crippen LogP contribution in [-0.2, 0) is 9.53 Å². The van der Waals surface area contributed by atoms with Gasteiger partial charge < -0.3 is 20.5 Å². The zero-order valence-electron chi connectivity index (χ0n) is 12.3. The Hall–Kier alpha value is -1.89. The number of hydrogen-bond acceptors (Lipinski definition) is 6. The van der Waals surface area contributed by atoms with Crippen LogP contribution in [-0.4, -0.2) is 47.8 Å². The Balaban J connectivity index is 2.14. The fourth-order valence-corrected chi connectivity index (χ4v) is 2.86. The molecule has 0 spiro atoms. The van der Waals surface area contributed by atoms with E-state index in [2.05, 4.69) is 9.97 Å². The van der Waals surface area contributed by atoms with Crippen molar-refractivity contribution in [3.63, 3.8) is 0 Å². The molecule has 0 saturated carbocycles. The van der Waals surface area contributed by atoms with Crippen molar-refractivity contribution in [1.82, 2.24) is 9.97 Å². The van der Waals surface area contributed by atoms with E-state index in [4.69, 9.17) is 10.5 Å². The average Bonchev–Trinajstić information content (AvgIpc) is 2.48. The minimum Gasteiger partial charge on any atom is -0.481 e. The number of nitrogen functional groups attached to an aromatic ring is 1. The highest BCUT2D eigenvalue weighted by molar-refractivity contribution is 5.76. The Bertz CT molecular complexity index is 497. The summed E-state index contributed by atoms with van der Waals surface area (Å²) >= 11 is 0. The molecule has 2 heterocycles. The molecule has 1 aromatic heterocycles. The number of hydrogen-bond donors (Lipinski definition) is 2. The highest BCUT2D eigenvalue weighted by atomic mass is 16.5. The minimum atomic E-state index is -0.759. The Morgan fingerprint density at radius 3 is 3.10 bits per heavy atom. The predicted octanol–water partition coefficient (Wildman–Crippen LogP) is 1.16. The Morgan fingerprint density at radius 1 is 1.62 bits per heavy atom. The van der Waals surface area contributed by atoms with Gasteiger partial charge in [-0.05, 0) is 31.7 Å². The summed E-state index contributed by atoms with van der Waals surface area (Å²) in [6, 6.07) is 1.62. The number of piperidine rings is 1. The van der Waals surface area contributed by atoms with E-state index >= 15 is 0 Å². The number of aromatic nitrogens is 2. The molecule has 3 N–H and O–H groups in total. The maximum Gasteiger partial charge on any atom is 0.311 e. The molecule has 1 saturated heterocycles. The number of carbonyl (C=O) groups is 1. The molecule has 1 aliphatic rings. The molecule has 0 amide bonds. The van der Waals surface area contributed by atoms with E-state index in [1.54, 1.807) is 19.4 Å². The number of carboxylic acid groups (broad SMARTS) is 1. The third-order valence-electron chi connectivity index (χ3n) is 3.98. The quantitative estimate of drug-likeness (QED) is 0.759. The SMILES string of the molecule is COCCC[C@]1(C(=O)O)CCCN(c2nccc(N)n2)C1. The molecule has 2 rings (SSSR count). The van der Waals surface area contributed by atoms with E-state index in [-0.39, 0.29) is 0 Å². The summed E-state index contributed by atoms with van der Waals surface area (Å²) in [6.45, 7) is 1.74. The highest BCUT2D eigenvalue weighted by Gasteiger charge is 2.42. The topological polar surface area (TPSA) is 102 Å². The first kappa shape index (κ1) is 15.5. The number of methoxy groups -OCH3 is 1. The molecular formula is C14H22N4O3. The lowest BCUT2D eigenvalue weighted by molar-refractivity contribution is -0.150. The molecular weight excluding hydrogens is 272 g/mol. The van der Waals surface area contributed by atoms with Gasteiger partial charge in [-0.3, -0.25) is 4.79 Å². The Kier molecular flexibility index (Phi) is 4.95. The molecule has 0 aliphatic carbocycles. The van der Waals surface area contributed by atoms with Crippen molar-refractivity contribution in [3.8, 4) is 0 Å². The zero-order valence-corrected chi connectivity index (χ0v) is 12.3. The third-order valence-corrected chi connectivity index (χ3v) is 3.98. The second-order valence-corrected chi connectivity index (χ2v) is 5.49. The minimum absolute atomic E-state index is 0.394. The van der Waals surface area contributed by atoms with Gasteiger partial charge in [0.25, 0.3) is 0 Å². The van der Waals surface area contributed by atoms with Crippen LogP contribution in [0.25, 0.3) is 0 Å². The summed E-state index contributed by atoms with van der Waals surface area (Å²) in [6.07, 6.45) is 4.39. The molecule has 116 valence electrons. The highest BCUT2D eigenvalue weighted by Crippen LogP contribution is 2.36. The van der Waals surface area contributed by atoms with Crippen molar-refractivity contribution in [2.45, 2.75) is 25.7 Å². The molecule has 0 radical (unpaired) electrons. The van der Waals surface area contributed by atoms with Gasteiger partial charge >= 0.3 is 5.97 Å². The Morgan fingerprint density at radius 2 is 2.43 bits per heavy atom. The smallest absolute Gasteiger partial charge is 0.311 e. The monoisotopic (exact) mass is 294 g/mol. The standard InChI is InChI=1S/C14H22N4O3/c1-21-9-3-6-14(12(19)20)5-2-8-18(10-14)13-16-7-4-11(15)17-13/h4,7H,2-3,5-6,8-10H2,1H3,(H,19,20)(H2,15,16,17)/t14-/m1/s1. The van der Waals surface area contributed by atoms with Gasteiger partial charge in [0.05, 0.1) is 5.41 Å². The van der Waals surface area contributed by atoms with E-state index in [0.29, 0.717) is 37.8 Å². The van der Waals surface area contributed by atoms with E-state index in [1.807, 2.05) is 4.90 Å². The summed E-state index contributed by atoms with van der Waals surface area (Å²) in [4.78, 5) is 22.1. The second-order valence-electron chi connectivity index (χ2n) is 5.49. The summed E-state index contributed by atoms with van der Waals surface area (Å²) in [5, 5.41) is 9.67. The fraction of sp³-hybridized carbons (Fsp3) is 0.643. The van der Waals surface area contributed by atoms with Crippen molar-refractivity contribution in [2.75, 3.05) is 37.4 Å². The molecule has 7 heteroatoms. The molecule has 0 unspecified atom stereocenters. The third kappa shape index (κ3) is 3.60. The van der Waals surface area contributed by atoms with Crippen molar-refractivity contribution >= 4 is 17.7 Å². The molecule has 1 atom stereocenters. The van der Waals surface area contributed by atoms with Gasteiger partial charge in [-0.2, -0.15) is 4.98 Å². The predicted molar refractivity (Wildman–Crippen MR) is 79.1 cm³/mol. The first-order valence-electron chi connectivity index (χ1n) is 7.13. The van der Waals surface area contributed by atoms with Crippen molar-refractivity contribution in [3.05, 3.63) is 12.3 Å². The number of ether oxygens (including phenoxy) is 1. The summed E-state index contributed by atoms with van der Waals surface area (Å²) < 4.78 is 5.04. The van der Waals surface area contributed by atoms with Gasteiger partial charge in [0.15, 0.2) is 0 Å². The van der Waals surface area contributed by atoms with Gasteiger partial charge in [0.2, 0.25) is 5.95 Å². The van der Waals surface area contributed by atoms with Gasteiger partial charge in [-0.25, -0.2) is 4.98 Å². The molecule has 1 aliphatic heterocycles. The van der Waals surface area contributed by atoms with E-state index in [9.17, 15) is 9.90 Å². The summed E-state index contributed by atoms with van der Waals surface area (Å²) in [5.74, 6) is 0.144. The second kappa shape index (κ2) is 6.71. The molecule has 1 aromatic rings. The number of rotatable bonds is 6. The number of carboxylic acids is 1. The maximum absolute atomic E-state index is 11.8. The van der Waals surface area contributed by atoms with Crippen LogP contribution in [0, 0.1) is 5.41 Å². The first-order valence-corrected chi connectivity index (χ1v) is 7.13. The average molecular weight is 294 g/mol.